The Labute approximate surface area is 105 Å². The third kappa shape index (κ3) is 2.20. The van der Waals surface area contributed by atoms with E-state index < -0.39 is 0 Å². The van der Waals surface area contributed by atoms with Crippen LogP contribution >= 0.6 is 0 Å². The van der Waals surface area contributed by atoms with Crippen LogP contribution in [0, 0.1) is 11.8 Å². The average molecular weight is 229 g/mol. The molecule has 1 heteroatoms. The van der Waals surface area contributed by atoms with Gasteiger partial charge in [0.25, 0.3) is 0 Å². The van der Waals surface area contributed by atoms with Crippen LogP contribution in [-0.4, -0.2) is 13.1 Å². The zero-order valence-corrected chi connectivity index (χ0v) is 11.0. The fraction of sp³-hybridized carbons (Fsp3) is 0.625. The maximum absolute atomic E-state index is 2.51. The summed E-state index contributed by atoms with van der Waals surface area (Å²) in [6.45, 7) is 7.20. The first-order chi connectivity index (χ1) is 8.25. The van der Waals surface area contributed by atoms with Gasteiger partial charge < -0.3 is 4.90 Å². The van der Waals surface area contributed by atoms with Gasteiger partial charge in [-0.15, -0.1) is 0 Å². The summed E-state index contributed by atoms with van der Waals surface area (Å²) in [5, 5.41) is 0. The Bertz CT molecular complexity index is 373. The second-order valence-electron chi connectivity index (χ2n) is 6.04. The molecule has 0 amide bonds. The van der Waals surface area contributed by atoms with Gasteiger partial charge in [0.15, 0.2) is 0 Å². The molecule has 1 heterocycles. The Kier molecular flexibility index (Phi) is 2.85. The molecule has 92 valence electrons. The molecule has 0 spiro atoms. The minimum Gasteiger partial charge on any atom is -0.372 e. The molecule has 17 heavy (non-hydrogen) atoms. The summed E-state index contributed by atoms with van der Waals surface area (Å²) in [4.78, 5) is 2.51. The molecular weight excluding hydrogens is 206 g/mol. The molecule has 1 saturated heterocycles. The molecular formula is C16H23N. The van der Waals surface area contributed by atoms with Gasteiger partial charge in [0.05, 0.1) is 0 Å². The number of anilines is 1. The first-order valence-electron chi connectivity index (χ1n) is 7.10. The van der Waals surface area contributed by atoms with Crippen LogP contribution in [-0.2, 0) is 0 Å². The van der Waals surface area contributed by atoms with Gasteiger partial charge in [-0.25, -0.2) is 0 Å². The molecule has 0 N–H and O–H groups in total. The second-order valence-corrected chi connectivity index (χ2v) is 6.04. The van der Waals surface area contributed by atoms with Crippen molar-refractivity contribution in [1.82, 2.24) is 0 Å². The highest BCUT2D eigenvalue weighted by atomic mass is 15.1. The molecule has 1 aromatic carbocycles. The predicted molar refractivity (Wildman–Crippen MR) is 73.6 cm³/mol. The zero-order chi connectivity index (χ0) is 11.8. The van der Waals surface area contributed by atoms with Crippen molar-refractivity contribution in [2.24, 2.45) is 11.8 Å². The quantitative estimate of drug-likeness (QED) is 0.756. The largest absolute Gasteiger partial charge is 0.372 e. The minimum atomic E-state index is 0.846. The average Bonchev–Trinajstić information content (AvgIpc) is 2.97. The molecule has 1 aliphatic heterocycles. The first-order valence-corrected chi connectivity index (χ1v) is 7.10. The van der Waals surface area contributed by atoms with Gasteiger partial charge in [-0.05, 0) is 54.7 Å². The van der Waals surface area contributed by atoms with Crippen LogP contribution in [0.1, 0.15) is 44.6 Å². The van der Waals surface area contributed by atoms with Gasteiger partial charge in [0, 0.05) is 18.8 Å². The van der Waals surface area contributed by atoms with Crippen LogP contribution < -0.4 is 4.90 Å². The zero-order valence-electron chi connectivity index (χ0n) is 11.0. The van der Waals surface area contributed by atoms with Gasteiger partial charge in [0.2, 0.25) is 0 Å². The van der Waals surface area contributed by atoms with E-state index in [-0.39, 0.29) is 0 Å². The van der Waals surface area contributed by atoms with Crippen molar-refractivity contribution >= 4 is 5.69 Å². The standard InChI is InChI=1S/C16H23N/c1-12(2)15-11-16(15)13-5-7-14(8-6-13)17-9-3-4-10-17/h5-8,12,15-16H,3-4,9-11H2,1-2H3/t15-,16-/m0/s1. The molecule has 2 atom stereocenters. The minimum absolute atomic E-state index is 0.846. The monoisotopic (exact) mass is 229 g/mol. The fourth-order valence-electron chi connectivity index (χ4n) is 3.24. The third-order valence-corrected chi connectivity index (χ3v) is 4.49. The van der Waals surface area contributed by atoms with E-state index in [0.717, 1.165) is 17.8 Å². The molecule has 0 bridgehead atoms. The fourth-order valence-corrected chi connectivity index (χ4v) is 3.24. The van der Waals surface area contributed by atoms with Crippen molar-refractivity contribution in [3.8, 4) is 0 Å². The Balaban J connectivity index is 1.68. The summed E-state index contributed by atoms with van der Waals surface area (Å²) in [6.07, 6.45) is 4.13. The third-order valence-electron chi connectivity index (χ3n) is 4.49. The summed E-state index contributed by atoms with van der Waals surface area (Å²) < 4.78 is 0. The second kappa shape index (κ2) is 4.36. The number of hydrogen-bond donors (Lipinski definition) is 0. The molecule has 1 aliphatic carbocycles. The van der Waals surface area contributed by atoms with Gasteiger partial charge in [0.1, 0.15) is 0 Å². The van der Waals surface area contributed by atoms with Crippen LogP contribution in [0.5, 0.6) is 0 Å². The van der Waals surface area contributed by atoms with E-state index in [2.05, 4.69) is 43.0 Å². The van der Waals surface area contributed by atoms with Gasteiger partial charge in [-0.3, -0.25) is 0 Å². The molecule has 0 radical (unpaired) electrons. The van der Waals surface area contributed by atoms with E-state index in [4.69, 9.17) is 0 Å². The van der Waals surface area contributed by atoms with Crippen LogP contribution in [0.4, 0.5) is 5.69 Å². The molecule has 1 nitrogen and oxygen atoms in total. The van der Waals surface area contributed by atoms with Crippen LogP contribution in [0.2, 0.25) is 0 Å². The van der Waals surface area contributed by atoms with Gasteiger partial charge >= 0.3 is 0 Å². The lowest BCUT2D eigenvalue weighted by molar-refractivity contribution is 0.549. The van der Waals surface area contributed by atoms with E-state index in [1.807, 2.05) is 0 Å². The summed E-state index contributed by atoms with van der Waals surface area (Å²) in [7, 11) is 0. The molecule has 2 aliphatic rings. The lowest BCUT2D eigenvalue weighted by Gasteiger charge is -2.17. The smallest absolute Gasteiger partial charge is 0.0366 e. The number of nitrogens with zero attached hydrogens (tertiary/aromatic N) is 1. The number of benzene rings is 1. The normalized spacial score (nSPS) is 27.8. The van der Waals surface area contributed by atoms with E-state index in [1.54, 1.807) is 5.56 Å². The Hall–Kier alpha value is -0.980. The van der Waals surface area contributed by atoms with Crippen molar-refractivity contribution in [1.29, 1.82) is 0 Å². The molecule has 0 unspecified atom stereocenters. The topological polar surface area (TPSA) is 3.24 Å². The van der Waals surface area contributed by atoms with E-state index >= 15 is 0 Å². The van der Waals surface area contributed by atoms with Crippen molar-refractivity contribution in [2.45, 2.75) is 39.0 Å². The van der Waals surface area contributed by atoms with Crippen LogP contribution in [0.25, 0.3) is 0 Å². The van der Waals surface area contributed by atoms with E-state index in [0.29, 0.717) is 0 Å². The first kappa shape index (κ1) is 11.1. The van der Waals surface area contributed by atoms with Crippen molar-refractivity contribution < 1.29 is 0 Å². The van der Waals surface area contributed by atoms with Gasteiger partial charge in [-0.2, -0.15) is 0 Å². The van der Waals surface area contributed by atoms with Crippen molar-refractivity contribution in [3.63, 3.8) is 0 Å². The molecule has 2 fully saturated rings. The lowest BCUT2D eigenvalue weighted by atomic mass is 10.0. The Morgan fingerprint density at radius 2 is 1.71 bits per heavy atom. The molecule has 0 aromatic heterocycles. The highest BCUT2D eigenvalue weighted by molar-refractivity contribution is 5.49. The summed E-state index contributed by atoms with van der Waals surface area (Å²) >= 11 is 0. The lowest BCUT2D eigenvalue weighted by Crippen LogP contribution is -2.17. The highest BCUT2D eigenvalue weighted by Crippen LogP contribution is 2.51. The predicted octanol–water partition coefficient (Wildman–Crippen LogP) is 4.05. The Morgan fingerprint density at radius 3 is 2.24 bits per heavy atom. The molecule has 1 saturated carbocycles. The molecule has 1 aromatic rings. The summed E-state index contributed by atoms with van der Waals surface area (Å²) in [5.41, 5.74) is 2.99. The SMILES string of the molecule is CC(C)[C@@H]1C[C@H]1c1ccc(N2CCCC2)cc1. The highest BCUT2D eigenvalue weighted by Gasteiger charge is 2.39. The van der Waals surface area contributed by atoms with Gasteiger partial charge in [-0.1, -0.05) is 26.0 Å². The van der Waals surface area contributed by atoms with Crippen LogP contribution in [0.15, 0.2) is 24.3 Å². The number of hydrogen-bond acceptors (Lipinski definition) is 1. The number of rotatable bonds is 3. The maximum atomic E-state index is 2.51. The molecule has 3 rings (SSSR count). The van der Waals surface area contributed by atoms with Crippen molar-refractivity contribution in [3.05, 3.63) is 29.8 Å². The van der Waals surface area contributed by atoms with E-state index in [9.17, 15) is 0 Å². The maximum Gasteiger partial charge on any atom is 0.0366 e. The van der Waals surface area contributed by atoms with Crippen LogP contribution in [0.3, 0.4) is 0 Å². The summed E-state index contributed by atoms with van der Waals surface area (Å²) in [6, 6.07) is 9.38. The Morgan fingerprint density at radius 1 is 1.06 bits per heavy atom. The van der Waals surface area contributed by atoms with E-state index in [1.165, 1.54) is 38.0 Å². The summed E-state index contributed by atoms with van der Waals surface area (Å²) in [5.74, 6) is 2.63. The van der Waals surface area contributed by atoms with Crippen molar-refractivity contribution in [2.75, 3.05) is 18.0 Å².